The van der Waals surface area contributed by atoms with Crippen LogP contribution >= 0.6 is 0 Å². The molecular formula is C35H34FN2+. The summed E-state index contributed by atoms with van der Waals surface area (Å²) in [5.41, 5.74) is 11.0. The lowest BCUT2D eigenvalue weighted by Crippen LogP contribution is -2.26. The minimum atomic E-state index is -0.208. The molecule has 6 rings (SSSR count). The van der Waals surface area contributed by atoms with E-state index in [4.69, 9.17) is 0 Å². The summed E-state index contributed by atoms with van der Waals surface area (Å²) in [5.74, 6) is 0.416. The average Bonchev–Trinajstić information content (AvgIpc) is 3.25. The van der Waals surface area contributed by atoms with Gasteiger partial charge in [0, 0.05) is 16.3 Å². The van der Waals surface area contributed by atoms with Crippen LogP contribution in [0.2, 0.25) is 0 Å². The molecule has 4 aromatic carbocycles. The van der Waals surface area contributed by atoms with Gasteiger partial charge in [0.05, 0.1) is 12.4 Å². The van der Waals surface area contributed by atoms with E-state index in [2.05, 4.69) is 111 Å². The number of hydrogen-bond donors (Lipinski definition) is 0. The summed E-state index contributed by atoms with van der Waals surface area (Å²) < 4.78 is 18.5. The first kappa shape index (κ1) is 24.4. The van der Waals surface area contributed by atoms with Crippen molar-refractivity contribution < 1.29 is 8.96 Å². The maximum Gasteiger partial charge on any atom is 0.295 e. The van der Waals surface area contributed by atoms with Crippen molar-refractivity contribution in [3.05, 3.63) is 108 Å². The summed E-state index contributed by atoms with van der Waals surface area (Å²) in [5, 5.41) is 3.84. The van der Waals surface area contributed by atoms with Crippen LogP contribution in [0.5, 0.6) is 0 Å². The lowest BCUT2D eigenvalue weighted by molar-refractivity contribution is -0.643. The molecule has 6 aromatic rings. The fraction of sp³-hybridized carbons (Fsp3) is 0.229. The van der Waals surface area contributed by atoms with Gasteiger partial charge in [-0.2, -0.15) is 4.40 Å². The summed E-state index contributed by atoms with van der Waals surface area (Å²) in [6.07, 6.45) is 2.30. The molecule has 0 N–H and O–H groups in total. The number of hydrogen-bond acceptors (Lipinski definition) is 0. The van der Waals surface area contributed by atoms with Crippen LogP contribution in [0.4, 0.5) is 4.39 Å². The van der Waals surface area contributed by atoms with Gasteiger partial charge in [0.15, 0.2) is 5.69 Å². The second-order valence-corrected chi connectivity index (χ2v) is 11.1. The zero-order valence-electron chi connectivity index (χ0n) is 23.0. The number of imidazole rings is 1. The van der Waals surface area contributed by atoms with Gasteiger partial charge in [-0.25, -0.2) is 8.96 Å². The zero-order chi connectivity index (χ0) is 26.7. The van der Waals surface area contributed by atoms with Crippen LogP contribution in [0.3, 0.4) is 0 Å². The molecule has 2 aromatic heterocycles. The van der Waals surface area contributed by atoms with Gasteiger partial charge >= 0.3 is 0 Å². The largest absolute Gasteiger partial charge is 0.295 e. The molecule has 0 aliphatic heterocycles. The molecule has 190 valence electrons. The molecule has 0 spiro atoms. The highest BCUT2D eigenvalue weighted by Crippen LogP contribution is 2.42. The van der Waals surface area contributed by atoms with E-state index in [0.29, 0.717) is 11.8 Å². The molecule has 0 saturated carbocycles. The number of rotatable bonds is 4. The van der Waals surface area contributed by atoms with Crippen LogP contribution in [-0.4, -0.2) is 4.40 Å². The zero-order valence-corrected chi connectivity index (χ0v) is 23.0. The van der Waals surface area contributed by atoms with E-state index in [9.17, 15) is 4.39 Å². The molecule has 38 heavy (non-hydrogen) atoms. The van der Waals surface area contributed by atoms with Crippen molar-refractivity contribution >= 4 is 27.3 Å². The monoisotopic (exact) mass is 501 g/mol. The molecule has 0 radical (unpaired) electrons. The van der Waals surface area contributed by atoms with Gasteiger partial charge in [-0.05, 0) is 64.8 Å². The first-order chi connectivity index (χ1) is 18.3. The fourth-order valence-electron chi connectivity index (χ4n) is 6.07. The van der Waals surface area contributed by atoms with Crippen LogP contribution < -0.4 is 4.57 Å². The van der Waals surface area contributed by atoms with Gasteiger partial charge in [0.1, 0.15) is 17.5 Å². The normalized spacial score (nSPS) is 12.0. The topological polar surface area (TPSA) is 8.29 Å². The van der Waals surface area contributed by atoms with Gasteiger partial charge in [-0.1, -0.05) is 88.4 Å². The van der Waals surface area contributed by atoms with Crippen LogP contribution in [-0.2, 0) is 7.05 Å². The molecule has 2 nitrogen and oxygen atoms in total. The Morgan fingerprint density at radius 1 is 0.737 bits per heavy atom. The van der Waals surface area contributed by atoms with Gasteiger partial charge < -0.3 is 0 Å². The van der Waals surface area contributed by atoms with E-state index < -0.39 is 0 Å². The van der Waals surface area contributed by atoms with E-state index in [-0.39, 0.29) is 5.82 Å². The standard InChI is InChI=1S/C35H34FN2/c1-21(2)29-18-25(24-14-16-26(36)17-15-24)19-30(22(3)4)34(29)32-20-37(6)35-33-23(5)10-9-12-28(33)27-11-7-8-13-31(27)38(32)35/h7-22H,1-6H3/q+1. The van der Waals surface area contributed by atoms with Gasteiger partial charge in [-0.3, -0.25) is 0 Å². The second kappa shape index (κ2) is 9.09. The highest BCUT2D eigenvalue weighted by atomic mass is 19.1. The maximum absolute atomic E-state index is 13.7. The van der Waals surface area contributed by atoms with E-state index >= 15 is 0 Å². The van der Waals surface area contributed by atoms with Crippen LogP contribution in [0, 0.1) is 12.7 Å². The quantitative estimate of drug-likeness (QED) is 0.168. The second-order valence-electron chi connectivity index (χ2n) is 11.1. The van der Waals surface area contributed by atoms with Crippen molar-refractivity contribution in [3.8, 4) is 22.4 Å². The van der Waals surface area contributed by atoms with E-state index in [1.54, 1.807) is 12.1 Å². The van der Waals surface area contributed by atoms with Gasteiger partial charge in [-0.15, -0.1) is 0 Å². The van der Waals surface area contributed by atoms with Crippen molar-refractivity contribution in [2.45, 2.75) is 46.5 Å². The third-order valence-corrected chi connectivity index (χ3v) is 7.91. The fourth-order valence-corrected chi connectivity index (χ4v) is 6.07. The first-order valence-corrected chi connectivity index (χ1v) is 13.5. The van der Waals surface area contributed by atoms with Gasteiger partial charge in [0.2, 0.25) is 0 Å². The van der Waals surface area contributed by atoms with Crippen LogP contribution in [0.15, 0.2) is 85.1 Å². The highest BCUT2D eigenvalue weighted by Gasteiger charge is 2.28. The van der Waals surface area contributed by atoms with E-state index in [1.165, 1.54) is 55.3 Å². The molecular weight excluding hydrogens is 467 g/mol. The van der Waals surface area contributed by atoms with Crippen molar-refractivity contribution in [1.29, 1.82) is 0 Å². The highest BCUT2D eigenvalue weighted by molar-refractivity contribution is 6.12. The molecule has 3 heteroatoms. The van der Waals surface area contributed by atoms with Crippen LogP contribution in [0.25, 0.3) is 49.7 Å². The van der Waals surface area contributed by atoms with Crippen molar-refractivity contribution in [2.24, 2.45) is 7.05 Å². The molecule has 2 heterocycles. The molecule has 0 aliphatic carbocycles. The predicted octanol–water partition coefficient (Wildman–Crippen LogP) is 9.10. The number of halogens is 1. The predicted molar refractivity (Wildman–Crippen MR) is 157 cm³/mol. The number of pyridine rings is 1. The van der Waals surface area contributed by atoms with E-state index in [0.717, 1.165) is 11.1 Å². The molecule has 0 amide bonds. The lowest BCUT2D eigenvalue weighted by atomic mass is 9.84. The van der Waals surface area contributed by atoms with Crippen molar-refractivity contribution in [1.82, 2.24) is 4.40 Å². The number of benzene rings is 4. The smallest absolute Gasteiger partial charge is 0.232 e. The summed E-state index contributed by atoms with van der Waals surface area (Å²) in [6, 6.07) is 26.9. The molecule has 0 unspecified atom stereocenters. The molecule has 0 atom stereocenters. The van der Waals surface area contributed by atoms with Gasteiger partial charge in [0.25, 0.3) is 5.65 Å². The minimum absolute atomic E-state index is 0.208. The third kappa shape index (κ3) is 3.72. The Bertz CT molecular complexity index is 1810. The average molecular weight is 502 g/mol. The SMILES string of the molecule is Cc1cccc2c3ccccc3n3c(-c4c(C(C)C)cc(-c5ccc(F)cc5)cc4C(C)C)c[n+](C)c3c12. The Morgan fingerprint density at radius 2 is 1.37 bits per heavy atom. The number of nitrogens with zero attached hydrogens (tertiary/aromatic N) is 2. The Balaban J connectivity index is 1.78. The minimum Gasteiger partial charge on any atom is -0.232 e. The Hall–Kier alpha value is -3.98. The van der Waals surface area contributed by atoms with E-state index in [1.807, 2.05) is 12.1 Å². The van der Waals surface area contributed by atoms with Crippen molar-refractivity contribution in [3.63, 3.8) is 0 Å². The number of aryl methyl sites for hydroxylation is 2. The molecule has 0 aliphatic rings. The third-order valence-electron chi connectivity index (χ3n) is 7.91. The molecule has 0 fully saturated rings. The summed E-state index contributed by atoms with van der Waals surface area (Å²) in [4.78, 5) is 0. The Labute approximate surface area is 224 Å². The Kier molecular flexibility index (Phi) is 5.83. The Morgan fingerprint density at radius 3 is 2.03 bits per heavy atom. The summed E-state index contributed by atoms with van der Waals surface area (Å²) >= 11 is 0. The van der Waals surface area contributed by atoms with Crippen molar-refractivity contribution in [2.75, 3.05) is 0 Å². The molecule has 0 saturated heterocycles. The number of para-hydroxylation sites is 1. The summed E-state index contributed by atoms with van der Waals surface area (Å²) in [7, 11) is 2.16. The number of fused-ring (bicyclic) bond motifs is 6. The summed E-state index contributed by atoms with van der Waals surface area (Å²) in [6.45, 7) is 11.3. The number of aromatic nitrogens is 2. The first-order valence-electron chi connectivity index (χ1n) is 13.5. The maximum atomic E-state index is 13.7. The molecule has 0 bridgehead atoms. The lowest BCUT2D eigenvalue weighted by Gasteiger charge is -2.20. The van der Waals surface area contributed by atoms with Crippen LogP contribution in [0.1, 0.15) is 56.2 Å².